The van der Waals surface area contributed by atoms with E-state index in [9.17, 15) is 0 Å². The zero-order valence-corrected chi connectivity index (χ0v) is 9.09. The van der Waals surface area contributed by atoms with Gasteiger partial charge in [0.2, 0.25) is 0 Å². The van der Waals surface area contributed by atoms with Gasteiger partial charge in [-0.2, -0.15) is 0 Å². The lowest BCUT2D eigenvalue weighted by Crippen LogP contribution is -2.25. The summed E-state index contributed by atoms with van der Waals surface area (Å²) in [5.41, 5.74) is 10.4. The van der Waals surface area contributed by atoms with Crippen molar-refractivity contribution < 1.29 is 0 Å². The molecule has 0 spiro atoms. The largest absolute Gasteiger partial charge is 0.330 e. The van der Waals surface area contributed by atoms with Crippen LogP contribution in [0.2, 0.25) is 0 Å². The second-order valence-electron chi connectivity index (χ2n) is 4.50. The molecule has 1 nitrogen and oxygen atoms in total. The molecule has 0 amide bonds. The van der Waals surface area contributed by atoms with Gasteiger partial charge in [0.25, 0.3) is 0 Å². The van der Waals surface area contributed by atoms with Gasteiger partial charge in [0.05, 0.1) is 0 Å². The van der Waals surface area contributed by atoms with E-state index in [2.05, 4.69) is 32.0 Å². The average molecular weight is 189 g/mol. The van der Waals surface area contributed by atoms with Gasteiger partial charge in [0, 0.05) is 0 Å². The van der Waals surface area contributed by atoms with Crippen molar-refractivity contribution in [1.82, 2.24) is 0 Å². The molecule has 1 aliphatic rings. The molecule has 0 heterocycles. The lowest BCUT2D eigenvalue weighted by molar-refractivity contribution is 0.408. The number of benzene rings is 1. The van der Waals surface area contributed by atoms with Gasteiger partial charge in [0.15, 0.2) is 0 Å². The maximum absolute atomic E-state index is 5.86. The minimum Gasteiger partial charge on any atom is -0.330 e. The fraction of sp³-hybridized carbons (Fsp3) is 0.538. The summed E-state index contributed by atoms with van der Waals surface area (Å²) in [5, 5.41) is 0. The fourth-order valence-corrected chi connectivity index (χ4v) is 2.65. The molecule has 0 aliphatic heterocycles. The van der Waals surface area contributed by atoms with Crippen LogP contribution >= 0.6 is 0 Å². The second-order valence-corrected chi connectivity index (χ2v) is 4.50. The summed E-state index contributed by atoms with van der Waals surface area (Å²) in [7, 11) is 0. The Morgan fingerprint density at radius 3 is 2.93 bits per heavy atom. The zero-order chi connectivity index (χ0) is 10.1. The summed E-state index contributed by atoms with van der Waals surface area (Å²) >= 11 is 0. The zero-order valence-electron chi connectivity index (χ0n) is 9.09. The molecular weight excluding hydrogens is 170 g/mol. The summed E-state index contributed by atoms with van der Waals surface area (Å²) in [6.07, 6.45) is 2.53. The third-order valence-corrected chi connectivity index (χ3v) is 3.64. The molecule has 2 N–H and O–H groups in total. The summed E-state index contributed by atoms with van der Waals surface area (Å²) < 4.78 is 0. The Morgan fingerprint density at radius 1 is 1.43 bits per heavy atom. The standard InChI is InChI=1S/C13H19N/c1-9-4-3-5-12-11(9)7-6-10(2)13(12)8-14/h3-5,10,13H,6-8,14H2,1-2H3. The third kappa shape index (κ3) is 1.46. The molecule has 1 aromatic rings. The maximum atomic E-state index is 5.86. The molecule has 1 aliphatic carbocycles. The lowest BCUT2D eigenvalue weighted by Gasteiger charge is -2.31. The Labute approximate surface area is 86.3 Å². The van der Waals surface area contributed by atoms with Crippen molar-refractivity contribution in [2.75, 3.05) is 6.54 Å². The Morgan fingerprint density at radius 2 is 2.21 bits per heavy atom. The van der Waals surface area contributed by atoms with Crippen LogP contribution in [0.4, 0.5) is 0 Å². The lowest BCUT2D eigenvalue weighted by atomic mass is 9.75. The van der Waals surface area contributed by atoms with Gasteiger partial charge in [-0.15, -0.1) is 0 Å². The number of hydrogen-bond donors (Lipinski definition) is 1. The highest BCUT2D eigenvalue weighted by Crippen LogP contribution is 2.36. The molecule has 0 radical (unpaired) electrons. The van der Waals surface area contributed by atoms with Crippen LogP contribution in [0.3, 0.4) is 0 Å². The predicted octanol–water partition coefficient (Wildman–Crippen LogP) is 2.62. The monoisotopic (exact) mass is 189 g/mol. The van der Waals surface area contributed by atoms with E-state index in [1.807, 2.05) is 0 Å². The van der Waals surface area contributed by atoms with Crippen LogP contribution in [-0.2, 0) is 6.42 Å². The van der Waals surface area contributed by atoms with Gasteiger partial charge in [-0.1, -0.05) is 25.1 Å². The molecule has 2 atom stereocenters. The number of fused-ring (bicyclic) bond motifs is 1. The topological polar surface area (TPSA) is 26.0 Å². The van der Waals surface area contributed by atoms with Crippen molar-refractivity contribution in [3.63, 3.8) is 0 Å². The first kappa shape index (κ1) is 9.72. The van der Waals surface area contributed by atoms with Crippen LogP contribution < -0.4 is 5.73 Å². The van der Waals surface area contributed by atoms with E-state index in [1.54, 1.807) is 5.56 Å². The molecule has 2 rings (SSSR count). The number of aryl methyl sites for hydroxylation is 1. The van der Waals surface area contributed by atoms with E-state index in [-0.39, 0.29) is 0 Å². The number of rotatable bonds is 1. The van der Waals surface area contributed by atoms with Crippen LogP contribution in [0.1, 0.15) is 36.0 Å². The quantitative estimate of drug-likeness (QED) is 0.722. The van der Waals surface area contributed by atoms with E-state index < -0.39 is 0 Å². The minimum absolute atomic E-state index is 0.582. The first-order valence-electron chi connectivity index (χ1n) is 5.52. The SMILES string of the molecule is Cc1cccc2c1CCC(C)C2CN. The van der Waals surface area contributed by atoms with Crippen LogP contribution in [-0.4, -0.2) is 6.54 Å². The molecule has 2 unspecified atom stereocenters. The number of hydrogen-bond acceptors (Lipinski definition) is 1. The highest BCUT2D eigenvalue weighted by atomic mass is 14.6. The summed E-state index contributed by atoms with van der Waals surface area (Å²) in [5.74, 6) is 1.33. The van der Waals surface area contributed by atoms with Crippen molar-refractivity contribution >= 4 is 0 Å². The Bertz CT molecular complexity index is 330. The van der Waals surface area contributed by atoms with Crippen molar-refractivity contribution in [3.05, 3.63) is 34.9 Å². The molecule has 0 saturated heterocycles. The molecule has 0 fully saturated rings. The Hall–Kier alpha value is -0.820. The van der Waals surface area contributed by atoms with Crippen LogP contribution in [0, 0.1) is 12.8 Å². The van der Waals surface area contributed by atoms with Gasteiger partial charge in [0.1, 0.15) is 0 Å². The van der Waals surface area contributed by atoms with Crippen LogP contribution in [0.25, 0.3) is 0 Å². The van der Waals surface area contributed by atoms with Gasteiger partial charge in [-0.3, -0.25) is 0 Å². The Kier molecular flexibility index (Phi) is 2.60. The van der Waals surface area contributed by atoms with E-state index >= 15 is 0 Å². The predicted molar refractivity (Wildman–Crippen MR) is 60.5 cm³/mol. The average Bonchev–Trinajstić information content (AvgIpc) is 2.18. The van der Waals surface area contributed by atoms with Crippen molar-refractivity contribution in [1.29, 1.82) is 0 Å². The molecule has 0 bridgehead atoms. The van der Waals surface area contributed by atoms with Gasteiger partial charge >= 0.3 is 0 Å². The highest BCUT2D eigenvalue weighted by molar-refractivity contribution is 5.39. The summed E-state index contributed by atoms with van der Waals surface area (Å²) in [6.45, 7) is 5.32. The molecule has 0 saturated carbocycles. The molecule has 76 valence electrons. The maximum Gasteiger partial charge on any atom is -0.000556 e. The van der Waals surface area contributed by atoms with Crippen LogP contribution in [0.15, 0.2) is 18.2 Å². The normalized spacial score (nSPS) is 25.9. The first-order valence-corrected chi connectivity index (χ1v) is 5.52. The minimum atomic E-state index is 0.582. The van der Waals surface area contributed by atoms with E-state index in [0.29, 0.717) is 5.92 Å². The van der Waals surface area contributed by atoms with E-state index in [4.69, 9.17) is 5.73 Å². The molecule has 1 heteroatoms. The fourth-order valence-electron chi connectivity index (χ4n) is 2.65. The van der Waals surface area contributed by atoms with E-state index in [1.165, 1.54) is 24.0 Å². The molecule has 14 heavy (non-hydrogen) atoms. The molecule has 1 aromatic carbocycles. The van der Waals surface area contributed by atoms with Gasteiger partial charge < -0.3 is 5.73 Å². The van der Waals surface area contributed by atoms with Crippen molar-refractivity contribution in [2.45, 2.75) is 32.6 Å². The van der Waals surface area contributed by atoms with Crippen LogP contribution in [0.5, 0.6) is 0 Å². The third-order valence-electron chi connectivity index (χ3n) is 3.64. The van der Waals surface area contributed by atoms with Crippen molar-refractivity contribution in [2.24, 2.45) is 11.7 Å². The molecule has 0 aromatic heterocycles. The van der Waals surface area contributed by atoms with Gasteiger partial charge in [-0.25, -0.2) is 0 Å². The van der Waals surface area contributed by atoms with Crippen molar-refractivity contribution in [3.8, 4) is 0 Å². The highest BCUT2D eigenvalue weighted by Gasteiger charge is 2.25. The first-order chi connectivity index (χ1) is 6.74. The smallest absolute Gasteiger partial charge is 0.000556 e. The number of nitrogens with two attached hydrogens (primary N) is 1. The van der Waals surface area contributed by atoms with E-state index in [0.717, 1.165) is 12.5 Å². The molecular formula is C13H19N. The van der Waals surface area contributed by atoms with Gasteiger partial charge in [-0.05, 0) is 54.8 Å². The second kappa shape index (κ2) is 3.74. The summed E-state index contributed by atoms with van der Waals surface area (Å²) in [4.78, 5) is 0. The summed E-state index contributed by atoms with van der Waals surface area (Å²) in [6, 6.07) is 6.63. The Balaban J connectivity index is 2.46.